The van der Waals surface area contributed by atoms with E-state index in [9.17, 15) is 14.9 Å². The number of hydrogen-bond donors (Lipinski definition) is 3. The lowest BCUT2D eigenvalue weighted by Gasteiger charge is -2.05. The number of aromatic amines is 1. The van der Waals surface area contributed by atoms with Crippen molar-refractivity contribution in [3.05, 3.63) is 34.0 Å². The number of fused-ring (bicyclic) bond motifs is 1. The number of nitrogens with zero attached hydrogens (tertiary/aromatic N) is 2. The van der Waals surface area contributed by atoms with E-state index in [0.29, 0.717) is 37.1 Å². The van der Waals surface area contributed by atoms with Crippen molar-refractivity contribution in [1.29, 1.82) is 0 Å². The molecule has 9 nitrogen and oxygen atoms in total. The Labute approximate surface area is 138 Å². The van der Waals surface area contributed by atoms with Crippen LogP contribution in [0.1, 0.15) is 10.5 Å². The van der Waals surface area contributed by atoms with Crippen LogP contribution in [0, 0.1) is 10.1 Å². The number of H-pyrrole nitrogens is 1. The minimum absolute atomic E-state index is 0. The van der Waals surface area contributed by atoms with Gasteiger partial charge in [0.2, 0.25) is 0 Å². The minimum atomic E-state index is -0.506. The summed E-state index contributed by atoms with van der Waals surface area (Å²) in [6.45, 7) is 2.31. The van der Waals surface area contributed by atoms with Crippen LogP contribution in [0.25, 0.3) is 10.9 Å². The number of amides is 1. The number of nitro groups is 1. The molecule has 0 aliphatic heterocycles. The van der Waals surface area contributed by atoms with Gasteiger partial charge in [-0.2, -0.15) is 5.10 Å². The van der Waals surface area contributed by atoms with Gasteiger partial charge in [0, 0.05) is 44.3 Å². The predicted octanol–water partition coefficient (Wildman–Crippen LogP) is 0.859. The Morgan fingerprint density at radius 2 is 2.17 bits per heavy atom. The molecule has 1 heterocycles. The van der Waals surface area contributed by atoms with Gasteiger partial charge in [-0.25, -0.2) is 0 Å². The molecule has 23 heavy (non-hydrogen) atoms. The summed E-state index contributed by atoms with van der Waals surface area (Å²) in [5.41, 5.74) is 0.647. The van der Waals surface area contributed by atoms with E-state index < -0.39 is 4.92 Å². The lowest BCUT2D eigenvalue weighted by atomic mass is 10.2. The molecule has 0 saturated carbocycles. The maximum atomic E-state index is 12.1. The van der Waals surface area contributed by atoms with Crippen LogP contribution >= 0.6 is 12.4 Å². The normalized spacial score (nSPS) is 10.3. The zero-order valence-corrected chi connectivity index (χ0v) is 13.3. The number of nitrogens with one attached hydrogen (secondary N) is 3. The number of hydrogen-bond acceptors (Lipinski definition) is 6. The van der Waals surface area contributed by atoms with E-state index >= 15 is 0 Å². The van der Waals surface area contributed by atoms with Crippen molar-refractivity contribution < 1.29 is 14.5 Å². The zero-order valence-electron chi connectivity index (χ0n) is 12.5. The number of halogens is 1. The van der Waals surface area contributed by atoms with Crippen molar-refractivity contribution in [3.8, 4) is 0 Å². The van der Waals surface area contributed by atoms with Crippen molar-refractivity contribution in [2.75, 3.05) is 33.4 Å². The van der Waals surface area contributed by atoms with Crippen LogP contribution in [0.2, 0.25) is 0 Å². The van der Waals surface area contributed by atoms with Crippen molar-refractivity contribution in [3.63, 3.8) is 0 Å². The van der Waals surface area contributed by atoms with Gasteiger partial charge in [0.1, 0.15) is 0 Å². The average Bonchev–Trinajstić information content (AvgIpc) is 2.93. The van der Waals surface area contributed by atoms with Gasteiger partial charge < -0.3 is 15.4 Å². The third kappa shape index (κ3) is 4.88. The molecule has 3 N–H and O–H groups in total. The monoisotopic (exact) mass is 343 g/mol. The fourth-order valence-corrected chi connectivity index (χ4v) is 1.94. The van der Waals surface area contributed by atoms with Crippen LogP contribution in [0.4, 0.5) is 5.69 Å². The standard InChI is InChI=1S/C13H17N5O4.ClH/c1-22-7-6-14-4-5-15-13(19)12-10-8-9(18(20)21)2-3-11(10)16-17-12;/h2-3,8,14H,4-7H2,1H3,(H,15,19)(H,16,17);1H. The molecule has 126 valence electrons. The maximum Gasteiger partial charge on any atom is 0.272 e. The minimum Gasteiger partial charge on any atom is -0.383 e. The Morgan fingerprint density at radius 1 is 1.39 bits per heavy atom. The highest BCUT2D eigenvalue weighted by Crippen LogP contribution is 2.21. The summed E-state index contributed by atoms with van der Waals surface area (Å²) in [5, 5.41) is 23.6. The Kier molecular flexibility index (Phi) is 7.39. The molecule has 2 rings (SSSR count). The van der Waals surface area contributed by atoms with Gasteiger partial charge in [-0.05, 0) is 6.07 Å². The Balaban J connectivity index is 0.00000264. The predicted molar refractivity (Wildman–Crippen MR) is 87.1 cm³/mol. The number of carbonyl (C=O) groups excluding carboxylic acids is 1. The van der Waals surface area contributed by atoms with Crippen LogP contribution in [-0.4, -0.2) is 54.4 Å². The second-order valence-corrected chi connectivity index (χ2v) is 4.56. The van der Waals surface area contributed by atoms with Gasteiger partial charge in [0.15, 0.2) is 5.69 Å². The van der Waals surface area contributed by atoms with E-state index in [2.05, 4.69) is 20.8 Å². The second-order valence-electron chi connectivity index (χ2n) is 4.56. The summed E-state index contributed by atoms with van der Waals surface area (Å²) in [5.74, 6) is -0.375. The molecule has 0 aliphatic rings. The molecule has 1 aromatic heterocycles. The third-order valence-electron chi connectivity index (χ3n) is 3.04. The number of methoxy groups -OCH3 is 1. The highest BCUT2D eigenvalue weighted by Gasteiger charge is 2.16. The van der Waals surface area contributed by atoms with Gasteiger partial charge in [-0.3, -0.25) is 20.0 Å². The fourth-order valence-electron chi connectivity index (χ4n) is 1.94. The molecule has 10 heteroatoms. The van der Waals surface area contributed by atoms with Crippen LogP contribution < -0.4 is 10.6 Å². The molecule has 0 atom stereocenters. The highest BCUT2D eigenvalue weighted by atomic mass is 35.5. The average molecular weight is 344 g/mol. The highest BCUT2D eigenvalue weighted by molar-refractivity contribution is 6.05. The first-order valence-electron chi connectivity index (χ1n) is 6.74. The number of carbonyl (C=O) groups is 1. The van der Waals surface area contributed by atoms with E-state index in [0.717, 1.165) is 0 Å². The molecule has 2 aromatic rings. The number of non-ortho nitro benzene ring substituents is 1. The van der Waals surface area contributed by atoms with Gasteiger partial charge >= 0.3 is 0 Å². The number of benzene rings is 1. The molecule has 1 aromatic carbocycles. The molecule has 0 radical (unpaired) electrons. The molecule has 0 fully saturated rings. The molecule has 1 amide bonds. The molecular formula is C13H18ClN5O4. The van der Waals surface area contributed by atoms with Crippen LogP contribution in [-0.2, 0) is 4.74 Å². The Morgan fingerprint density at radius 3 is 2.87 bits per heavy atom. The summed E-state index contributed by atoms with van der Waals surface area (Å²) >= 11 is 0. The first-order chi connectivity index (χ1) is 10.6. The zero-order chi connectivity index (χ0) is 15.9. The van der Waals surface area contributed by atoms with E-state index in [1.807, 2.05) is 0 Å². The molecule has 0 aliphatic carbocycles. The summed E-state index contributed by atoms with van der Waals surface area (Å²) in [4.78, 5) is 22.4. The fraction of sp³-hybridized carbons (Fsp3) is 0.385. The molecular weight excluding hydrogens is 326 g/mol. The SMILES string of the molecule is COCCNCCNC(=O)c1n[nH]c2ccc([N+](=O)[O-])cc12.Cl. The second kappa shape index (κ2) is 9.03. The smallest absolute Gasteiger partial charge is 0.272 e. The summed E-state index contributed by atoms with van der Waals surface area (Å²) < 4.78 is 4.89. The number of rotatable bonds is 8. The Bertz CT molecular complexity index is 675. The number of ether oxygens (including phenoxy) is 1. The largest absolute Gasteiger partial charge is 0.383 e. The third-order valence-corrected chi connectivity index (χ3v) is 3.04. The van der Waals surface area contributed by atoms with Crippen molar-refractivity contribution in [2.45, 2.75) is 0 Å². The van der Waals surface area contributed by atoms with E-state index in [-0.39, 0.29) is 29.7 Å². The number of aromatic nitrogens is 2. The summed E-state index contributed by atoms with van der Waals surface area (Å²) in [7, 11) is 1.62. The van der Waals surface area contributed by atoms with Crippen molar-refractivity contribution in [2.24, 2.45) is 0 Å². The Hall–Kier alpha value is -2.23. The first-order valence-corrected chi connectivity index (χ1v) is 6.74. The van der Waals surface area contributed by atoms with Crippen LogP contribution in [0.5, 0.6) is 0 Å². The topological polar surface area (TPSA) is 122 Å². The van der Waals surface area contributed by atoms with Gasteiger partial charge in [-0.1, -0.05) is 0 Å². The lowest BCUT2D eigenvalue weighted by Crippen LogP contribution is -2.33. The summed E-state index contributed by atoms with van der Waals surface area (Å²) in [6.07, 6.45) is 0. The summed E-state index contributed by atoms with van der Waals surface area (Å²) in [6, 6.07) is 4.23. The maximum absolute atomic E-state index is 12.1. The lowest BCUT2D eigenvalue weighted by molar-refractivity contribution is -0.384. The molecule has 0 spiro atoms. The van der Waals surface area contributed by atoms with Crippen LogP contribution in [0.15, 0.2) is 18.2 Å². The van der Waals surface area contributed by atoms with Gasteiger partial charge in [0.05, 0.1) is 17.0 Å². The molecule has 0 unspecified atom stereocenters. The van der Waals surface area contributed by atoms with Crippen molar-refractivity contribution in [1.82, 2.24) is 20.8 Å². The molecule has 0 bridgehead atoms. The van der Waals surface area contributed by atoms with Gasteiger partial charge in [-0.15, -0.1) is 12.4 Å². The van der Waals surface area contributed by atoms with Gasteiger partial charge in [0.25, 0.3) is 11.6 Å². The number of nitro benzene ring substituents is 1. The van der Waals surface area contributed by atoms with Crippen LogP contribution in [0.3, 0.4) is 0 Å². The van der Waals surface area contributed by atoms with Crippen molar-refractivity contribution >= 4 is 34.9 Å². The van der Waals surface area contributed by atoms with E-state index in [4.69, 9.17) is 4.74 Å². The quantitative estimate of drug-likeness (QED) is 0.371. The first kappa shape index (κ1) is 18.8. The van der Waals surface area contributed by atoms with E-state index in [1.54, 1.807) is 7.11 Å². The molecule has 0 saturated heterocycles. The van der Waals surface area contributed by atoms with E-state index in [1.165, 1.54) is 18.2 Å².